The van der Waals surface area contributed by atoms with E-state index in [9.17, 15) is 0 Å². The molecule has 0 aliphatic heterocycles. The third kappa shape index (κ3) is 3.51. The highest BCUT2D eigenvalue weighted by Gasteiger charge is 2.22. The third-order valence-electron chi connectivity index (χ3n) is 4.25. The second kappa shape index (κ2) is 7.22. The van der Waals surface area contributed by atoms with Gasteiger partial charge < -0.3 is 9.26 Å². The number of methoxy groups -OCH3 is 1. The van der Waals surface area contributed by atoms with E-state index in [2.05, 4.69) is 25.7 Å². The molecule has 8 nitrogen and oxygen atoms in total. The summed E-state index contributed by atoms with van der Waals surface area (Å²) in [5.41, 5.74) is 0.857. The molecule has 1 aliphatic carbocycles. The minimum atomic E-state index is 0.410. The maximum Gasteiger partial charge on any atom is 0.237 e. The Morgan fingerprint density at radius 3 is 3.04 bits per heavy atom. The van der Waals surface area contributed by atoms with E-state index >= 15 is 0 Å². The van der Waals surface area contributed by atoms with Gasteiger partial charge in [-0.1, -0.05) is 41.9 Å². The number of tetrazole rings is 1. The summed E-state index contributed by atoms with van der Waals surface area (Å²) in [7, 11) is 1.63. The van der Waals surface area contributed by atoms with Gasteiger partial charge in [0.1, 0.15) is 5.75 Å². The molecule has 1 aromatic carbocycles. The fourth-order valence-electron chi connectivity index (χ4n) is 2.98. The lowest BCUT2D eigenvalue weighted by Crippen LogP contribution is -2.08. The number of rotatable bonds is 6. The lowest BCUT2D eigenvalue weighted by molar-refractivity contribution is 0.391. The van der Waals surface area contributed by atoms with Gasteiger partial charge in [0.05, 0.1) is 18.9 Å². The summed E-state index contributed by atoms with van der Waals surface area (Å²) in [6.45, 7) is 0. The van der Waals surface area contributed by atoms with E-state index in [4.69, 9.17) is 9.26 Å². The van der Waals surface area contributed by atoms with Crippen molar-refractivity contribution in [3.05, 3.63) is 30.2 Å². The Kier molecular flexibility index (Phi) is 4.64. The molecule has 2 aromatic heterocycles. The highest BCUT2D eigenvalue weighted by atomic mass is 32.2. The minimum absolute atomic E-state index is 0.410. The van der Waals surface area contributed by atoms with Crippen LogP contribution in [0.4, 0.5) is 0 Å². The zero-order valence-corrected chi connectivity index (χ0v) is 14.6. The molecular weight excluding hydrogens is 340 g/mol. The molecular formula is C16H18N6O2S. The van der Waals surface area contributed by atoms with Gasteiger partial charge in [-0.3, -0.25) is 0 Å². The molecule has 1 saturated carbocycles. The molecule has 9 heteroatoms. The molecule has 0 atom stereocenters. The summed E-state index contributed by atoms with van der Waals surface area (Å²) in [5.74, 6) is 2.38. The molecule has 0 saturated heterocycles. The number of ether oxygens (including phenoxy) is 1. The Balaban J connectivity index is 1.44. The highest BCUT2D eigenvalue weighted by molar-refractivity contribution is 7.98. The van der Waals surface area contributed by atoms with Gasteiger partial charge in [-0.05, 0) is 35.4 Å². The summed E-state index contributed by atoms with van der Waals surface area (Å²) in [6, 6.07) is 7.98. The van der Waals surface area contributed by atoms with Crippen molar-refractivity contribution in [3.8, 4) is 17.1 Å². The van der Waals surface area contributed by atoms with Gasteiger partial charge in [0, 0.05) is 5.56 Å². The molecule has 25 heavy (non-hydrogen) atoms. The van der Waals surface area contributed by atoms with Crippen molar-refractivity contribution in [1.82, 2.24) is 30.3 Å². The monoisotopic (exact) mass is 358 g/mol. The Morgan fingerprint density at radius 2 is 2.20 bits per heavy atom. The minimum Gasteiger partial charge on any atom is -0.497 e. The maximum atomic E-state index is 5.36. The van der Waals surface area contributed by atoms with Crippen LogP contribution in [-0.2, 0) is 5.75 Å². The molecule has 1 aliphatic rings. The van der Waals surface area contributed by atoms with Crippen LogP contribution in [0.15, 0.2) is 33.9 Å². The van der Waals surface area contributed by atoms with Crippen molar-refractivity contribution in [2.24, 2.45) is 0 Å². The first-order chi connectivity index (χ1) is 12.3. The molecule has 3 aromatic rings. The van der Waals surface area contributed by atoms with Crippen LogP contribution in [-0.4, -0.2) is 37.5 Å². The second-order valence-electron chi connectivity index (χ2n) is 5.88. The zero-order chi connectivity index (χ0) is 17.1. The van der Waals surface area contributed by atoms with Gasteiger partial charge in [0.15, 0.2) is 0 Å². The summed E-state index contributed by atoms with van der Waals surface area (Å²) >= 11 is 1.52. The SMILES string of the molecule is COc1cccc(-c2noc(CSc3nnnn3C3CCCC3)n2)c1. The molecule has 1 fully saturated rings. The van der Waals surface area contributed by atoms with Gasteiger partial charge >= 0.3 is 0 Å². The quantitative estimate of drug-likeness (QED) is 0.621. The third-order valence-corrected chi connectivity index (χ3v) is 5.17. The fourth-order valence-corrected chi connectivity index (χ4v) is 3.76. The van der Waals surface area contributed by atoms with E-state index < -0.39 is 0 Å². The molecule has 2 heterocycles. The molecule has 0 radical (unpaired) electrons. The smallest absolute Gasteiger partial charge is 0.237 e. The molecule has 130 valence electrons. The molecule has 0 amide bonds. The predicted octanol–water partition coefficient (Wildman–Crippen LogP) is 3.14. The zero-order valence-electron chi connectivity index (χ0n) is 13.8. The largest absolute Gasteiger partial charge is 0.497 e. The molecule has 0 unspecified atom stereocenters. The number of aromatic nitrogens is 6. The van der Waals surface area contributed by atoms with E-state index in [0.717, 1.165) is 29.3 Å². The first kappa shape index (κ1) is 16.1. The van der Waals surface area contributed by atoms with Crippen LogP contribution >= 0.6 is 11.8 Å². The van der Waals surface area contributed by atoms with Crippen LogP contribution in [0.1, 0.15) is 37.6 Å². The number of benzene rings is 1. The van der Waals surface area contributed by atoms with Crippen molar-refractivity contribution in [2.45, 2.75) is 42.6 Å². The van der Waals surface area contributed by atoms with Gasteiger partial charge in [0.25, 0.3) is 0 Å². The average Bonchev–Trinajstić information content (AvgIpc) is 3.40. The van der Waals surface area contributed by atoms with Gasteiger partial charge in [-0.25, -0.2) is 4.68 Å². The Bertz CT molecular complexity index is 843. The maximum absolute atomic E-state index is 5.36. The Morgan fingerprint density at radius 1 is 1.32 bits per heavy atom. The number of thioether (sulfide) groups is 1. The molecule has 0 spiro atoms. The number of hydrogen-bond donors (Lipinski definition) is 0. The predicted molar refractivity (Wildman–Crippen MR) is 91.2 cm³/mol. The van der Waals surface area contributed by atoms with Gasteiger partial charge in [-0.2, -0.15) is 4.98 Å². The normalized spacial score (nSPS) is 14.9. The molecule has 0 bridgehead atoms. The van der Waals surface area contributed by atoms with Crippen molar-refractivity contribution < 1.29 is 9.26 Å². The topological polar surface area (TPSA) is 91.8 Å². The van der Waals surface area contributed by atoms with E-state index in [1.165, 1.54) is 24.6 Å². The average molecular weight is 358 g/mol. The van der Waals surface area contributed by atoms with Crippen LogP contribution in [0, 0.1) is 0 Å². The summed E-state index contributed by atoms with van der Waals surface area (Å²) in [6.07, 6.45) is 4.75. The Hall–Kier alpha value is -2.42. The fraction of sp³-hybridized carbons (Fsp3) is 0.438. The van der Waals surface area contributed by atoms with Crippen molar-refractivity contribution in [2.75, 3.05) is 7.11 Å². The number of nitrogens with zero attached hydrogens (tertiary/aromatic N) is 6. The van der Waals surface area contributed by atoms with Gasteiger partial charge in [-0.15, -0.1) is 5.10 Å². The van der Waals surface area contributed by atoms with E-state index in [1.807, 2.05) is 28.9 Å². The highest BCUT2D eigenvalue weighted by Crippen LogP contribution is 2.32. The standard InChI is InChI=1S/C16H18N6O2S/c1-23-13-8-4-5-11(9-13)15-17-14(24-19-15)10-25-16-18-20-21-22(16)12-6-2-3-7-12/h4-5,8-9,12H,2-3,6-7,10H2,1H3. The van der Waals surface area contributed by atoms with Gasteiger partial charge in [0.2, 0.25) is 16.9 Å². The van der Waals surface area contributed by atoms with Crippen LogP contribution in [0.25, 0.3) is 11.4 Å². The van der Waals surface area contributed by atoms with E-state index in [1.54, 1.807) is 7.11 Å². The summed E-state index contributed by atoms with van der Waals surface area (Å²) in [4.78, 5) is 4.45. The summed E-state index contributed by atoms with van der Waals surface area (Å²) in [5, 5.41) is 16.9. The van der Waals surface area contributed by atoms with Crippen molar-refractivity contribution in [1.29, 1.82) is 0 Å². The van der Waals surface area contributed by atoms with Crippen LogP contribution in [0.2, 0.25) is 0 Å². The van der Waals surface area contributed by atoms with E-state index in [0.29, 0.717) is 23.5 Å². The lowest BCUT2D eigenvalue weighted by Gasteiger charge is -2.09. The van der Waals surface area contributed by atoms with Crippen molar-refractivity contribution >= 4 is 11.8 Å². The van der Waals surface area contributed by atoms with Crippen molar-refractivity contribution in [3.63, 3.8) is 0 Å². The first-order valence-electron chi connectivity index (χ1n) is 8.21. The van der Waals surface area contributed by atoms with Crippen LogP contribution < -0.4 is 4.74 Å². The molecule has 0 N–H and O–H groups in total. The summed E-state index contributed by atoms with van der Waals surface area (Å²) < 4.78 is 12.5. The Labute approximate surface area is 148 Å². The lowest BCUT2D eigenvalue weighted by atomic mass is 10.2. The second-order valence-corrected chi connectivity index (χ2v) is 6.82. The van der Waals surface area contributed by atoms with Crippen LogP contribution in [0.3, 0.4) is 0 Å². The first-order valence-corrected chi connectivity index (χ1v) is 9.20. The number of hydrogen-bond acceptors (Lipinski definition) is 8. The van der Waals surface area contributed by atoms with Crippen LogP contribution in [0.5, 0.6) is 5.75 Å². The molecule has 4 rings (SSSR count). The van der Waals surface area contributed by atoms with E-state index in [-0.39, 0.29) is 0 Å².